The number of aryl methyl sites for hydroxylation is 1. The maximum absolute atomic E-state index is 12.2. The van der Waals surface area contributed by atoms with Gasteiger partial charge in [0.2, 0.25) is 0 Å². The number of tetrazole rings is 1. The van der Waals surface area contributed by atoms with E-state index in [9.17, 15) is 4.79 Å². The van der Waals surface area contributed by atoms with Crippen LogP contribution in [-0.2, 0) is 11.3 Å². The molecule has 0 unspecified atom stereocenters. The van der Waals surface area contributed by atoms with Crippen molar-refractivity contribution < 1.29 is 14.3 Å². The highest BCUT2D eigenvalue weighted by atomic mass is 35.5. The maximum atomic E-state index is 12.2. The molecule has 1 heterocycles. The number of nitrogens with one attached hydrogen (secondary N) is 3. The lowest BCUT2D eigenvalue weighted by molar-refractivity contribution is -0.118. The minimum absolute atomic E-state index is 0.200. The minimum Gasteiger partial charge on any atom is -0.490 e. The molecule has 0 aliphatic rings. The lowest BCUT2D eigenvalue weighted by Crippen LogP contribution is -2.20. The first-order valence-electron chi connectivity index (χ1n) is 8.97. The van der Waals surface area contributed by atoms with Crippen LogP contribution < -0.4 is 20.1 Å². The Bertz CT molecular complexity index is 947. The fraction of sp³-hybridized carbons (Fsp3) is 0.263. The molecular formula is C19H21ClN6O3. The van der Waals surface area contributed by atoms with E-state index in [1.54, 1.807) is 12.1 Å². The zero-order valence-corrected chi connectivity index (χ0v) is 16.8. The molecule has 9 nitrogen and oxygen atoms in total. The monoisotopic (exact) mass is 416 g/mol. The van der Waals surface area contributed by atoms with Gasteiger partial charge in [0, 0.05) is 12.2 Å². The second-order valence-corrected chi connectivity index (χ2v) is 6.54. The molecule has 10 heteroatoms. The Hall–Kier alpha value is -3.33. The average Bonchev–Trinajstić information content (AvgIpc) is 3.21. The number of hydrogen-bond donors (Lipinski definition) is 3. The van der Waals surface area contributed by atoms with Gasteiger partial charge in [-0.05, 0) is 48.9 Å². The number of aromatic nitrogens is 4. The van der Waals surface area contributed by atoms with Crippen LogP contribution >= 0.6 is 11.6 Å². The predicted molar refractivity (Wildman–Crippen MR) is 109 cm³/mol. The van der Waals surface area contributed by atoms with E-state index in [0.717, 1.165) is 11.1 Å². The molecule has 29 heavy (non-hydrogen) atoms. The number of rotatable bonds is 9. The fourth-order valence-electron chi connectivity index (χ4n) is 2.52. The van der Waals surface area contributed by atoms with E-state index in [1.807, 2.05) is 38.1 Å². The molecule has 0 atom stereocenters. The van der Waals surface area contributed by atoms with E-state index in [0.29, 0.717) is 41.3 Å². The van der Waals surface area contributed by atoms with Crippen LogP contribution in [0.15, 0.2) is 36.4 Å². The van der Waals surface area contributed by atoms with E-state index in [1.165, 1.54) is 0 Å². The Balaban J connectivity index is 1.65. The zero-order chi connectivity index (χ0) is 20.6. The van der Waals surface area contributed by atoms with Gasteiger partial charge >= 0.3 is 0 Å². The van der Waals surface area contributed by atoms with Gasteiger partial charge < -0.3 is 20.1 Å². The van der Waals surface area contributed by atoms with Crippen molar-refractivity contribution in [2.75, 3.05) is 23.8 Å². The highest BCUT2D eigenvalue weighted by Crippen LogP contribution is 2.37. The molecule has 0 saturated carbocycles. The van der Waals surface area contributed by atoms with Crippen molar-refractivity contribution in [2.24, 2.45) is 0 Å². The van der Waals surface area contributed by atoms with E-state index in [4.69, 9.17) is 21.1 Å². The van der Waals surface area contributed by atoms with Crippen LogP contribution in [0.25, 0.3) is 0 Å². The number of benzene rings is 2. The number of nitrogens with zero attached hydrogens (tertiary/aromatic N) is 3. The molecule has 1 aromatic heterocycles. The summed E-state index contributed by atoms with van der Waals surface area (Å²) in [5, 5.41) is 19.6. The van der Waals surface area contributed by atoms with Crippen LogP contribution in [0.4, 0.5) is 11.6 Å². The lowest BCUT2D eigenvalue weighted by atomic mass is 10.2. The summed E-state index contributed by atoms with van der Waals surface area (Å²) in [7, 11) is 0. The third-order valence-corrected chi connectivity index (χ3v) is 4.13. The van der Waals surface area contributed by atoms with Gasteiger partial charge in [-0.2, -0.15) is 5.21 Å². The Morgan fingerprint density at radius 1 is 1.21 bits per heavy atom. The number of anilines is 2. The summed E-state index contributed by atoms with van der Waals surface area (Å²) in [4.78, 5) is 12.2. The van der Waals surface area contributed by atoms with E-state index in [-0.39, 0.29) is 12.5 Å². The SMILES string of the molecule is CCOc1cc(CNc2nn[nH]n2)cc(Cl)c1OCC(=O)Nc1ccc(C)cc1. The van der Waals surface area contributed by atoms with Crippen LogP contribution in [0.3, 0.4) is 0 Å². The number of halogens is 1. The Labute approximate surface area is 172 Å². The highest BCUT2D eigenvalue weighted by Gasteiger charge is 2.15. The molecule has 152 valence electrons. The Morgan fingerprint density at radius 3 is 2.69 bits per heavy atom. The summed E-state index contributed by atoms with van der Waals surface area (Å²) >= 11 is 6.38. The first-order valence-corrected chi connectivity index (χ1v) is 9.34. The second-order valence-electron chi connectivity index (χ2n) is 6.13. The van der Waals surface area contributed by atoms with Gasteiger partial charge in [-0.1, -0.05) is 34.4 Å². The van der Waals surface area contributed by atoms with E-state index >= 15 is 0 Å². The summed E-state index contributed by atoms with van der Waals surface area (Å²) in [5.41, 5.74) is 2.64. The largest absolute Gasteiger partial charge is 0.490 e. The van der Waals surface area contributed by atoms with Crippen LogP contribution in [0.2, 0.25) is 5.02 Å². The molecule has 0 aliphatic carbocycles. The molecule has 0 radical (unpaired) electrons. The fourth-order valence-corrected chi connectivity index (χ4v) is 2.80. The molecule has 0 spiro atoms. The minimum atomic E-state index is -0.296. The smallest absolute Gasteiger partial charge is 0.263 e. The first kappa shape index (κ1) is 20.4. The molecular weight excluding hydrogens is 396 g/mol. The van der Waals surface area contributed by atoms with Crippen LogP contribution in [-0.4, -0.2) is 39.7 Å². The molecule has 0 aliphatic heterocycles. The summed E-state index contributed by atoms with van der Waals surface area (Å²) in [6.45, 7) is 4.46. The van der Waals surface area contributed by atoms with Crippen molar-refractivity contribution in [2.45, 2.75) is 20.4 Å². The summed E-state index contributed by atoms with van der Waals surface area (Å²) in [5.74, 6) is 0.839. The Kier molecular flexibility index (Phi) is 6.85. The molecule has 0 saturated heterocycles. The van der Waals surface area contributed by atoms with E-state index in [2.05, 4.69) is 31.3 Å². The highest BCUT2D eigenvalue weighted by molar-refractivity contribution is 6.32. The van der Waals surface area contributed by atoms with Crippen LogP contribution in [0.1, 0.15) is 18.1 Å². The van der Waals surface area contributed by atoms with Crippen molar-refractivity contribution in [1.29, 1.82) is 0 Å². The van der Waals surface area contributed by atoms with Crippen LogP contribution in [0.5, 0.6) is 11.5 Å². The van der Waals surface area contributed by atoms with Crippen molar-refractivity contribution in [3.8, 4) is 11.5 Å². The molecule has 2 aromatic carbocycles. The number of carbonyl (C=O) groups is 1. The normalized spacial score (nSPS) is 10.4. The molecule has 0 bridgehead atoms. The van der Waals surface area contributed by atoms with Crippen molar-refractivity contribution >= 4 is 29.1 Å². The summed E-state index contributed by atoms with van der Waals surface area (Å²) in [6.07, 6.45) is 0. The third kappa shape index (κ3) is 5.82. The van der Waals surface area contributed by atoms with Gasteiger partial charge in [0.15, 0.2) is 18.1 Å². The molecule has 3 aromatic rings. The number of H-pyrrole nitrogens is 1. The molecule has 3 N–H and O–H groups in total. The Morgan fingerprint density at radius 2 is 2.00 bits per heavy atom. The zero-order valence-electron chi connectivity index (χ0n) is 16.0. The van der Waals surface area contributed by atoms with Crippen molar-refractivity contribution in [3.63, 3.8) is 0 Å². The number of amides is 1. The predicted octanol–water partition coefficient (Wildman–Crippen LogP) is 3.19. The summed E-state index contributed by atoms with van der Waals surface area (Å²) in [6, 6.07) is 11.0. The quantitative estimate of drug-likeness (QED) is 0.490. The number of carbonyl (C=O) groups excluding carboxylic acids is 1. The van der Waals surface area contributed by atoms with Gasteiger partial charge in [0.1, 0.15) is 0 Å². The van der Waals surface area contributed by atoms with Gasteiger partial charge in [-0.15, -0.1) is 5.10 Å². The molecule has 1 amide bonds. The van der Waals surface area contributed by atoms with Gasteiger partial charge in [0.25, 0.3) is 11.9 Å². The number of hydrogen-bond acceptors (Lipinski definition) is 7. The topological polar surface area (TPSA) is 114 Å². The second kappa shape index (κ2) is 9.74. The number of aromatic amines is 1. The van der Waals surface area contributed by atoms with Gasteiger partial charge in [-0.3, -0.25) is 4.79 Å². The standard InChI is InChI=1S/C19H21ClN6O3/c1-3-28-16-9-13(10-21-19-23-25-26-24-19)8-15(20)18(16)29-11-17(27)22-14-6-4-12(2)5-7-14/h4-9H,3,10-11H2,1-2H3,(H,22,27)(H2,21,23,24,25,26). The van der Waals surface area contributed by atoms with Crippen molar-refractivity contribution in [3.05, 3.63) is 52.5 Å². The number of ether oxygens (including phenoxy) is 2. The molecule has 0 fully saturated rings. The van der Waals surface area contributed by atoms with Crippen molar-refractivity contribution in [1.82, 2.24) is 20.6 Å². The van der Waals surface area contributed by atoms with E-state index < -0.39 is 0 Å². The summed E-state index contributed by atoms with van der Waals surface area (Å²) < 4.78 is 11.3. The van der Waals surface area contributed by atoms with Crippen LogP contribution in [0, 0.1) is 6.92 Å². The van der Waals surface area contributed by atoms with Gasteiger partial charge in [-0.25, -0.2) is 0 Å². The first-order chi connectivity index (χ1) is 14.0. The lowest BCUT2D eigenvalue weighted by Gasteiger charge is -2.15. The third-order valence-electron chi connectivity index (χ3n) is 3.85. The van der Waals surface area contributed by atoms with Gasteiger partial charge in [0.05, 0.1) is 11.6 Å². The molecule has 3 rings (SSSR count). The average molecular weight is 417 g/mol. The maximum Gasteiger partial charge on any atom is 0.263 e.